The summed E-state index contributed by atoms with van der Waals surface area (Å²) >= 11 is 0. The Bertz CT molecular complexity index is 482. The van der Waals surface area contributed by atoms with Crippen molar-refractivity contribution in [2.24, 2.45) is 0 Å². The molecule has 1 aromatic rings. The van der Waals surface area contributed by atoms with Gasteiger partial charge in [0.25, 0.3) is 11.7 Å². The first kappa shape index (κ1) is 10.8. The number of amides is 1. The van der Waals surface area contributed by atoms with Gasteiger partial charge in [-0.3, -0.25) is 9.59 Å². The average Bonchev–Trinajstić information content (AvgIpc) is 2.44. The Kier molecular flexibility index (Phi) is 2.50. The van der Waals surface area contributed by atoms with Crippen molar-refractivity contribution in [3.05, 3.63) is 28.8 Å². The molecule has 1 amide bonds. The summed E-state index contributed by atoms with van der Waals surface area (Å²) in [7, 11) is 0. The Hall–Kier alpha value is -1.71. The van der Waals surface area contributed by atoms with E-state index in [1.54, 1.807) is 13.0 Å². The molecule has 1 aromatic carbocycles. The molecule has 0 unspecified atom stereocenters. The summed E-state index contributed by atoms with van der Waals surface area (Å²) in [5.74, 6) is -1.15. The van der Waals surface area contributed by atoms with Gasteiger partial charge in [0.15, 0.2) is 0 Å². The second-order valence-corrected chi connectivity index (χ2v) is 3.95. The lowest BCUT2D eigenvalue weighted by molar-refractivity contribution is -0.114. The summed E-state index contributed by atoms with van der Waals surface area (Å²) in [4.78, 5) is 24.5. The summed E-state index contributed by atoms with van der Waals surface area (Å²) in [6, 6.07) is 3.60. The summed E-state index contributed by atoms with van der Waals surface area (Å²) in [6.45, 7) is 2.97. The second-order valence-electron chi connectivity index (χ2n) is 3.95. The van der Waals surface area contributed by atoms with Crippen molar-refractivity contribution in [1.29, 1.82) is 0 Å². The quantitative estimate of drug-likeness (QED) is 0.714. The minimum atomic E-state index is -0.647. The summed E-state index contributed by atoms with van der Waals surface area (Å²) in [5.41, 5.74) is 2.70. The van der Waals surface area contributed by atoms with Gasteiger partial charge in [0.05, 0.1) is 17.8 Å². The lowest BCUT2D eigenvalue weighted by Gasteiger charge is -2.15. The van der Waals surface area contributed by atoms with E-state index in [1.807, 2.05) is 13.0 Å². The average molecular weight is 221 g/mol. The fourth-order valence-corrected chi connectivity index (χ4v) is 2.10. The smallest absolute Gasteiger partial charge is 0.299 e. The maximum absolute atomic E-state index is 12.3. The number of ketones is 1. The molecule has 4 heteroatoms. The van der Waals surface area contributed by atoms with Crippen LogP contribution >= 0.6 is 0 Å². The molecular formula is C12H12FNO2. The Morgan fingerprint density at radius 1 is 1.25 bits per heavy atom. The van der Waals surface area contributed by atoms with Crippen molar-refractivity contribution in [1.82, 2.24) is 0 Å². The van der Waals surface area contributed by atoms with E-state index < -0.39 is 18.4 Å². The van der Waals surface area contributed by atoms with E-state index in [2.05, 4.69) is 0 Å². The third kappa shape index (κ3) is 1.41. The number of rotatable bonds is 2. The molecule has 0 spiro atoms. The molecule has 84 valence electrons. The third-order valence-corrected chi connectivity index (χ3v) is 2.72. The third-order valence-electron chi connectivity index (χ3n) is 2.72. The summed E-state index contributed by atoms with van der Waals surface area (Å²) < 4.78 is 12.3. The number of fused-ring (bicyclic) bond motifs is 1. The van der Waals surface area contributed by atoms with Crippen LogP contribution in [-0.4, -0.2) is 24.9 Å². The maximum atomic E-state index is 12.3. The molecule has 0 saturated carbocycles. The van der Waals surface area contributed by atoms with Crippen LogP contribution < -0.4 is 4.90 Å². The fraction of sp³-hybridized carbons (Fsp3) is 0.333. The van der Waals surface area contributed by atoms with Gasteiger partial charge in [0, 0.05) is 0 Å². The molecule has 3 nitrogen and oxygen atoms in total. The van der Waals surface area contributed by atoms with E-state index in [-0.39, 0.29) is 6.54 Å². The maximum Gasteiger partial charge on any atom is 0.299 e. The van der Waals surface area contributed by atoms with Gasteiger partial charge in [-0.2, -0.15) is 0 Å². The van der Waals surface area contributed by atoms with Crippen LogP contribution in [0, 0.1) is 13.8 Å². The van der Waals surface area contributed by atoms with Crippen molar-refractivity contribution < 1.29 is 14.0 Å². The van der Waals surface area contributed by atoms with Crippen molar-refractivity contribution in [2.45, 2.75) is 13.8 Å². The van der Waals surface area contributed by atoms with Gasteiger partial charge in [0.1, 0.15) is 6.67 Å². The van der Waals surface area contributed by atoms with Gasteiger partial charge in [-0.15, -0.1) is 0 Å². The van der Waals surface area contributed by atoms with E-state index >= 15 is 0 Å². The molecule has 2 rings (SSSR count). The van der Waals surface area contributed by atoms with E-state index in [4.69, 9.17) is 0 Å². The van der Waals surface area contributed by atoms with Gasteiger partial charge < -0.3 is 4.90 Å². The lowest BCUT2D eigenvalue weighted by atomic mass is 10.0. The van der Waals surface area contributed by atoms with E-state index in [0.29, 0.717) is 11.3 Å². The van der Waals surface area contributed by atoms with Crippen molar-refractivity contribution >= 4 is 17.4 Å². The molecule has 0 aromatic heterocycles. The van der Waals surface area contributed by atoms with Crippen LogP contribution in [0.3, 0.4) is 0 Å². The van der Waals surface area contributed by atoms with Crippen LogP contribution in [0.4, 0.5) is 10.1 Å². The highest BCUT2D eigenvalue weighted by Crippen LogP contribution is 2.32. The number of benzene rings is 1. The molecule has 0 fully saturated rings. The van der Waals surface area contributed by atoms with Crippen LogP contribution in [-0.2, 0) is 4.79 Å². The van der Waals surface area contributed by atoms with Crippen LogP contribution in [0.5, 0.6) is 0 Å². The highest BCUT2D eigenvalue weighted by molar-refractivity contribution is 6.52. The Labute approximate surface area is 92.9 Å². The number of Topliss-reactive ketones (excluding diaryl/α,β-unsaturated/α-hetero) is 1. The van der Waals surface area contributed by atoms with Gasteiger partial charge in [-0.25, -0.2) is 4.39 Å². The number of halogens is 1. The molecule has 1 heterocycles. The zero-order valence-corrected chi connectivity index (χ0v) is 9.21. The lowest BCUT2D eigenvalue weighted by Crippen LogP contribution is -2.31. The SMILES string of the molecule is Cc1cc(C)c2c(c1)N(CCF)C(=O)C2=O. The zero-order valence-electron chi connectivity index (χ0n) is 9.21. The minimum Gasteiger partial charge on any atom is -0.302 e. The summed E-state index contributed by atoms with van der Waals surface area (Å²) in [5, 5.41) is 0. The van der Waals surface area contributed by atoms with Crippen molar-refractivity contribution in [2.75, 3.05) is 18.1 Å². The Morgan fingerprint density at radius 2 is 1.94 bits per heavy atom. The normalized spacial score (nSPS) is 14.6. The number of carbonyl (C=O) groups is 2. The van der Waals surface area contributed by atoms with E-state index in [1.165, 1.54) is 4.90 Å². The largest absolute Gasteiger partial charge is 0.302 e. The van der Waals surface area contributed by atoms with E-state index in [9.17, 15) is 14.0 Å². The fourth-order valence-electron chi connectivity index (χ4n) is 2.10. The molecule has 1 aliphatic rings. The first-order valence-corrected chi connectivity index (χ1v) is 5.09. The molecular weight excluding hydrogens is 209 g/mol. The Balaban J connectivity index is 2.60. The zero-order chi connectivity index (χ0) is 11.9. The number of hydrogen-bond donors (Lipinski definition) is 0. The van der Waals surface area contributed by atoms with Gasteiger partial charge in [-0.1, -0.05) is 6.07 Å². The highest BCUT2D eigenvalue weighted by Gasteiger charge is 2.36. The van der Waals surface area contributed by atoms with Crippen LogP contribution in [0.15, 0.2) is 12.1 Å². The molecule has 0 N–H and O–H groups in total. The minimum absolute atomic E-state index is 0.0551. The number of anilines is 1. The molecule has 0 bridgehead atoms. The predicted octanol–water partition coefficient (Wildman–Crippen LogP) is 1.80. The van der Waals surface area contributed by atoms with Gasteiger partial charge in [0.2, 0.25) is 0 Å². The van der Waals surface area contributed by atoms with Crippen molar-refractivity contribution in [3.8, 4) is 0 Å². The van der Waals surface area contributed by atoms with Crippen molar-refractivity contribution in [3.63, 3.8) is 0 Å². The molecule has 0 radical (unpaired) electrons. The second kappa shape index (κ2) is 3.70. The first-order chi connectivity index (χ1) is 7.56. The molecule has 0 aliphatic carbocycles. The number of carbonyl (C=O) groups excluding carboxylic acids is 2. The number of alkyl halides is 1. The number of aryl methyl sites for hydroxylation is 2. The molecule has 1 aliphatic heterocycles. The molecule has 0 atom stereocenters. The van der Waals surface area contributed by atoms with E-state index in [0.717, 1.165) is 11.1 Å². The van der Waals surface area contributed by atoms with Crippen LogP contribution in [0.2, 0.25) is 0 Å². The highest BCUT2D eigenvalue weighted by atomic mass is 19.1. The Morgan fingerprint density at radius 3 is 2.56 bits per heavy atom. The van der Waals surface area contributed by atoms with Crippen LogP contribution in [0.25, 0.3) is 0 Å². The monoisotopic (exact) mass is 221 g/mol. The van der Waals surface area contributed by atoms with Gasteiger partial charge >= 0.3 is 0 Å². The summed E-state index contributed by atoms with van der Waals surface area (Å²) in [6.07, 6.45) is 0. The first-order valence-electron chi connectivity index (χ1n) is 5.09. The number of nitrogens with zero attached hydrogens (tertiary/aromatic N) is 1. The predicted molar refractivity (Wildman–Crippen MR) is 58.6 cm³/mol. The molecule has 16 heavy (non-hydrogen) atoms. The molecule has 0 saturated heterocycles. The topological polar surface area (TPSA) is 37.4 Å². The van der Waals surface area contributed by atoms with Crippen LogP contribution in [0.1, 0.15) is 21.5 Å². The standard InChI is InChI=1S/C12H12FNO2/c1-7-5-8(2)10-9(6-7)14(4-3-13)12(16)11(10)15/h5-6H,3-4H2,1-2H3. The number of hydrogen-bond acceptors (Lipinski definition) is 2. The van der Waals surface area contributed by atoms with Gasteiger partial charge in [-0.05, 0) is 31.0 Å².